The van der Waals surface area contributed by atoms with Crippen LogP contribution in [0.3, 0.4) is 0 Å². The smallest absolute Gasteiger partial charge is 0.204 e. The van der Waals surface area contributed by atoms with Gasteiger partial charge in [0.2, 0.25) is 5.82 Å². The van der Waals surface area contributed by atoms with Gasteiger partial charge < -0.3 is 14.3 Å². The molecular formula is C14H22F2O3Si. The third-order valence-electron chi connectivity index (χ3n) is 3.64. The summed E-state index contributed by atoms with van der Waals surface area (Å²) in [4.78, 5) is 0. The summed E-state index contributed by atoms with van der Waals surface area (Å²) in [6.45, 7) is 11.1. The van der Waals surface area contributed by atoms with Crippen LogP contribution in [0.5, 0.6) is 11.5 Å². The largest absolute Gasteiger partial charge is 0.502 e. The first-order valence-corrected chi connectivity index (χ1v) is 9.41. The Morgan fingerprint density at radius 1 is 1.15 bits per heavy atom. The van der Waals surface area contributed by atoms with Gasteiger partial charge in [0, 0.05) is 0 Å². The van der Waals surface area contributed by atoms with Gasteiger partial charge in [-0.15, -0.1) is 0 Å². The fourth-order valence-electron chi connectivity index (χ4n) is 1.30. The Hall–Kier alpha value is -1.14. The molecule has 0 unspecified atom stereocenters. The normalized spacial score (nSPS) is 12.6. The van der Waals surface area contributed by atoms with Gasteiger partial charge in [0.25, 0.3) is 0 Å². The summed E-state index contributed by atoms with van der Waals surface area (Å²) in [5.41, 5.74) is 0. The topological polar surface area (TPSA) is 38.7 Å². The lowest BCUT2D eigenvalue weighted by molar-refractivity contribution is 0.197. The zero-order valence-electron chi connectivity index (χ0n) is 12.6. The predicted molar refractivity (Wildman–Crippen MR) is 76.7 cm³/mol. The molecule has 0 atom stereocenters. The summed E-state index contributed by atoms with van der Waals surface area (Å²) in [6, 6.07) is 2.11. The van der Waals surface area contributed by atoms with Crippen molar-refractivity contribution in [2.45, 2.75) is 38.9 Å². The molecule has 1 aromatic carbocycles. The maximum absolute atomic E-state index is 13.1. The van der Waals surface area contributed by atoms with E-state index in [1.165, 1.54) is 6.07 Å². The van der Waals surface area contributed by atoms with Crippen molar-refractivity contribution in [2.75, 3.05) is 13.2 Å². The molecule has 0 heterocycles. The Kier molecular flexibility index (Phi) is 5.15. The number of hydrogen-bond donors (Lipinski definition) is 1. The third kappa shape index (κ3) is 3.93. The zero-order valence-corrected chi connectivity index (χ0v) is 13.6. The third-order valence-corrected chi connectivity index (χ3v) is 8.18. The predicted octanol–water partition coefficient (Wildman–Crippen LogP) is 4.07. The highest BCUT2D eigenvalue weighted by Crippen LogP contribution is 2.36. The maximum atomic E-state index is 13.1. The summed E-state index contributed by atoms with van der Waals surface area (Å²) in [6.07, 6.45) is 0. The molecule has 1 aromatic rings. The second kappa shape index (κ2) is 6.09. The number of benzene rings is 1. The van der Waals surface area contributed by atoms with Gasteiger partial charge >= 0.3 is 0 Å². The second-order valence-electron chi connectivity index (χ2n) is 6.17. The highest BCUT2D eigenvalue weighted by Gasteiger charge is 2.36. The van der Waals surface area contributed by atoms with E-state index in [-0.39, 0.29) is 17.4 Å². The Morgan fingerprint density at radius 3 is 2.30 bits per heavy atom. The minimum Gasteiger partial charge on any atom is -0.502 e. The molecule has 0 spiro atoms. The van der Waals surface area contributed by atoms with Crippen LogP contribution in [-0.2, 0) is 4.43 Å². The number of hydrogen-bond acceptors (Lipinski definition) is 3. The molecule has 0 amide bonds. The Bertz CT molecular complexity index is 470. The molecule has 3 nitrogen and oxygen atoms in total. The first-order chi connectivity index (χ1) is 9.06. The molecule has 20 heavy (non-hydrogen) atoms. The van der Waals surface area contributed by atoms with Crippen molar-refractivity contribution < 1.29 is 23.1 Å². The quantitative estimate of drug-likeness (QED) is 0.658. The standard InChI is InChI=1S/C14H22F2O3Si/c1-14(2,3)20(4,5)19-9-8-18-11-7-6-10(15)12(16)13(11)17/h6-7,17H,8-9H2,1-5H3. The van der Waals surface area contributed by atoms with Crippen molar-refractivity contribution in [2.24, 2.45) is 0 Å². The van der Waals surface area contributed by atoms with Crippen LogP contribution in [0.1, 0.15) is 20.8 Å². The Balaban J connectivity index is 2.53. The molecule has 1 N–H and O–H groups in total. The van der Waals surface area contributed by atoms with Gasteiger partial charge in [-0.2, -0.15) is 4.39 Å². The molecule has 0 aromatic heterocycles. The average molecular weight is 304 g/mol. The van der Waals surface area contributed by atoms with Crippen LogP contribution < -0.4 is 4.74 Å². The van der Waals surface area contributed by atoms with Crippen LogP contribution in [0.4, 0.5) is 8.78 Å². The van der Waals surface area contributed by atoms with E-state index in [0.717, 1.165) is 6.07 Å². The van der Waals surface area contributed by atoms with E-state index >= 15 is 0 Å². The zero-order chi connectivity index (χ0) is 15.6. The minimum atomic E-state index is -1.85. The van der Waals surface area contributed by atoms with E-state index in [1.54, 1.807) is 0 Å². The van der Waals surface area contributed by atoms with Crippen molar-refractivity contribution in [3.8, 4) is 11.5 Å². The van der Waals surface area contributed by atoms with E-state index in [0.29, 0.717) is 6.61 Å². The van der Waals surface area contributed by atoms with E-state index in [2.05, 4.69) is 33.9 Å². The first-order valence-electron chi connectivity index (χ1n) is 6.50. The molecule has 0 aliphatic rings. The molecule has 0 saturated heterocycles. The summed E-state index contributed by atoms with van der Waals surface area (Å²) in [7, 11) is -1.85. The SMILES string of the molecule is CC(C)(C)[Si](C)(C)OCCOc1ccc(F)c(F)c1O. The second-order valence-corrected chi connectivity index (χ2v) is 11.0. The number of rotatable bonds is 5. The molecule has 1 rings (SSSR count). The van der Waals surface area contributed by atoms with Gasteiger partial charge in [-0.05, 0) is 30.3 Å². The molecule has 0 fully saturated rings. The van der Waals surface area contributed by atoms with Crippen molar-refractivity contribution >= 4 is 8.32 Å². The summed E-state index contributed by atoms with van der Waals surface area (Å²) in [5, 5.41) is 9.49. The molecule has 0 saturated carbocycles. The molecular weight excluding hydrogens is 282 g/mol. The fraction of sp³-hybridized carbons (Fsp3) is 0.571. The van der Waals surface area contributed by atoms with Crippen LogP contribution in [0.2, 0.25) is 18.1 Å². The van der Waals surface area contributed by atoms with E-state index in [1.807, 2.05) is 0 Å². The molecule has 6 heteroatoms. The van der Waals surface area contributed by atoms with Crippen molar-refractivity contribution in [1.82, 2.24) is 0 Å². The molecule has 114 valence electrons. The lowest BCUT2D eigenvalue weighted by Gasteiger charge is -2.36. The molecule has 0 aliphatic carbocycles. The summed E-state index contributed by atoms with van der Waals surface area (Å²) < 4.78 is 37.0. The van der Waals surface area contributed by atoms with E-state index in [9.17, 15) is 13.9 Å². The van der Waals surface area contributed by atoms with Gasteiger partial charge in [0.1, 0.15) is 6.61 Å². The number of halogens is 2. The Morgan fingerprint density at radius 2 is 1.75 bits per heavy atom. The van der Waals surface area contributed by atoms with E-state index in [4.69, 9.17) is 9.16 Å². The lowest BCUT2D eigenvalue weighted by Crippen LogP contribution is -2.41. The van der Waals surface area contributed by atoms with Crippen LogP contribution >= 0.6 is 0 Å². The number of phenolic OH excluding ortho intramolecular Hbond substituents is 1. The highest BCUT2D eigenvalue weighted by atomic mass is 28.4. The van der Waals surface area contributed by atoms with E-state index < -0.39 is 25.7 Å². The van der Waals surface area contributed by atoms with Gasteiger partial charge in [-0.1, -0.05) is 20.8 Å². The first kappa shape index (κ1) is 16.9. The Labute approximate surface area is 119 Å². The monoisotopic (exact) mass is 304 g/mol. The lowest BCUT2D eigenvalue weighted by atomic mass is 10.2. The summed E-state index contributed by atoms with van der Waals surface area (Å²) in [5.74, 6) is -3.29. The molecule has 0 aliphatic heterocycles. The molecule has 0 radical (unpaired) electrons. The van der Waals surface area contributed by atoms with Gasteiger partial charge in [-0.25, -0.2) is 4.39 Å². The van der Waals surface area contributed by atoms with Crippen LogP contribution in [0.15, 0.2) is 12.1 Å². The van der Waals surface area contributed by atoms with Crippen LogP contribution in [0.25, 0.3) is 0 Å². The molecule has 0 bridgehead atoms. The van der Waals surface area contributed by atoms with Gasteiger partial charge in [0.05, 0.1) is 6.61 Å². The van der Waals surface area contributed by atoms with Crippen molar-refractivity contribution in [3.63, 3.8) is 0 Å². The minimum absolute atomic E-state index is 0.0808. The summed E-state index contributed by atoms with van der Waals surface area (Å²) >= 11 is 0. The van der Waals surface area contributed by atoms with Crippen LogP contribution in [0, 0.1) is 11.6 Å². The number of ether oxygens (including phenoxy) is 1. The van der Waals surface area contributed by atoms with Gasteiger partial charge in [0.15, 0.2) is 25.6 Å². The maximum Gasteiger partial charge on any atom is 0.204 e. The average Bonchev–Trinajstić information content (AvgIpc) is 2.32. The van der Waals surface area contributed by atoms with Gasteiger partial charge in [-0.3, -0.25) is 0 Å². The highest BCUT2D eigenvalue weighted by molar-refractivity contribution is 6.74. The van der Waals surface area contributed by atoms with Crippen LogP contribution in [-0.4, -0.2) is 26.6 Å². The van der Waals surface area contributed by atoms with Crippen molar-refractivity contribution in [3.05, 3.63) is 23.8 Å². The van der Waals surface area contributed by atoms with Crippen molar-refractivity contribution in [1.29, 1.82) is 0 Å². The number of phenols is 1. The fourth-order valence-corrected chi connectivity index (χ4v) is 2.33. The number of aromatic hydroxyl groups is 1.